The molecule has 0 rings (SSSR count). The first-order valence-electron chi connectivity index (χ1n) is 2.52. The van der Waals surface area contributed by atoms with Gasteiger partial charge in [0.25, 0.3) is 0 Å². The minimum absolute atomic E-state index is 0.00431. The molecule has 0 heterocycles. The van der Waals surface area contributed by atoms with Gasteiger partial charge in [-0.2, -0.15) is 0 Å². The van der Waals surface area contributed by atoms with E-state index >= 15 is 0 Å². The zero-order chi connectivity index (χ0) is 5.70. The van der Waals surface area contributed by atoms with Crippen LogP contribution in [-0.4, -0.2) is 6.61 Å². The molecule has 41 valence electrons. The largest absolute Gasteiger partial charge is 0.236 e. The van der Waals surface area contributed by atoms with Crippen molar-refractivity contribution in [3.8, 4) is 0 Å². The van der Waals surface area contributed by atoms with Crippen molar-refractivity contribution in [2.24, 2.45) is 5.92 Å². The van der Waals surface area contributed by atoms with Crippen molar-refractivity contribution in [2.75, 3.05) is 6.61 Å². The molecule has 0 aliphatic heterocycles. The molecule has 0 saturated carbocycles. The van der Waals surface area contributed by atoms with Crippen molar-refractivity contribution < 1.29 is 5.11 Å². The van der Waals surface area contributed by atoms with Gasteiger partial charge in [-0.15, -0.1) is 0 Å². The third-order valence-corrected chi connectivity index (χ3v) is 0.784. The van der Waals surface area contributed by atoms with Crippen LogP contribution in [0.5, 0.6) is 0 Å². The van der Waals surface area contributed by atoms with Crippen LogP contribution in [0.15, 0.2) is 12.2 Å². The fourth-order valence-electron chi connectivity index (χ4n) is 0.384. The van der Waals surface area contributed by atoms with E-state index in [1.54, 1.807) is 0 Å². The highest BCUT2D eigenvalue weighted by atomic mass is 16.3. The maximum absolute atomic E-state index is 9.97. The molecule has 1 radical (unpaired) electrons. The van der Waals surface area contributed by atoms with Crippen molar-refractivity contribution in [1.82, 2.24) is 0 Å². The van der Waals surface area contributed by atoms with E-state index in [2.05, 4.69) is 0 Å². The maximum Gasteiger partial charge on any atom is 0.0882 e. The van der Waals surface area contributed by atoms with E-state index in [0.717, 1.165) is 0 Å². The summed E-state index contributed by atoms with van der Waals surface area (Å²) in [7, 11) is 0. The minimum atomic E-state index is 0.00431. The summed E-state index contributed by atoms with van der Waals surface area (Å²) in [5.41, 5.74) is 0. The second-order valence-electron chi connectivity index (χ2n) is 1.67. The van der Waals surface area contributed by atoms with Crippen molar-refractivity contribution >= 4 is 0 Å². The van der Waals surface area contributed by atoms with E-state index in [9.17, 15) is 5.11 Å². The molecule has 0 aliphatic rings. The average Bonchev–Trinajstić information content (AvgIpc) is 1.68. The first-order chi connectivity index (χ1) is 3.31. The third kappa shape index (κ3) is 3.53. The van der Waals surface area contributed by atoms with Crippen LogP contribution in [0.25, 0.3) is 0 Å². The van der Waals surface area contributed by atoms with Crippen LogP contribution in [0.3, 0.4) is 0 Å². The Morgan fingerprint density at radius 3 is 2.43 bits per heavy atom. The van der Waals surface area contributed by atoms with Gasteiger partial charge in [0, 0.05) is 5.92 Å². The first kappa shape index (κ1) is 6.70. The summed E-state index contributed by atoms with van der Waals surface area (Å²) >= 11 is 0. The van der Waals surface area contributed by atoms with Crippen molar-refractivity contribution in [2.45, 2.75) is 13.8 Å². The van der Waals surface area contributed by atoms with Gasteiger partial charge < -0.3 is 0 Å². The molecule has 0 aromatic carbocycles. The second-order valence-corrected chi connectivity index (χ2v) is 1.67. The van der Waals surface area contributed by atoms with E-state index in [4.69, 9.17) is 0 Å². The highest BCUT2D eigenvalue weighted by molar-refractivity contribution is 4.81. The molecule has 0 spiro atoms. The fourth-order valence-corrected chi connectivity index (χ4v) is 0.384. The van der Waals surface area contributed by atoms with Gasteiger partial charge in [0.1, 0.15) is 0 Å². The molecule has 1 nitrogen and oxygen atoms in total. The van der Waals surface area contributed by atoms with E-state index in [-0.39, 0.29) is 12.5 Å². The van der Waals surface area contributed by atoms with Crippen molar-refractivity contribution in [3.63, 3.8) is 0 Å². The Morgan fingerprint density at radius 1 is 1.71 bits per heavy atom. The Hall–Kier alpha value is -0.300. The average molecular weight is 99.2 g/mol. The molecule has 0 N–H and O–H groups in total. The topological polar surface area (TPSA) is 19.9 Å². The van der Waals surface area contributed by atoms with Crippen molar-refractivity contribution in [1.29, 1.82) is 0 Å². The van der Waals surface area contributed by atoms with Crippen LogP contribution >= 0.6 is 0 Å². The molecule has 1 unspecified atom stereocenters. The number of hydrogen-bond donors (Lipinski definition) is 0. The zero-order valence-electron chi connectivity index (χ0n) is 4.85. The van der Waals surface area contributed by atoms with E-state index in [1.165, 1.54) is 0 Å². The summed E-state index contributed by atoms with van der Waals surface area (Å²) in [6.45, 7) is 3.84. The lowest BCUT2D eigenvalue weighted by Crippen LogP contribution is -1.92. The molecule has 0 saturated heterocycles. The molecular weight excluding hydrogens is 88.1 g/mol. The lowest BCUT2D eigenvalue weighted by atomic mass is 10.2. The van der Waals surface area contributed by atoms with Crippen LogP contribution < -0.4 is 0 Å². The molecule has 0 fully saturated rings. The van der Waals surface area contributed by atoms with E-state index < -0.39 is 0 Å². The van der Waals surface area contributed by atoms with Gasteiger partial charge in [0.05, 0.1) is 6.61 Å². The maximum atomic E-state index is 9.97. The van der Waals surface area contributed by atoms with Gasteiger partial charge in [0.15, 0.2) is 0 Å². The van der Waals surface area contributed by atoms with Crippen LogP contribution in [0.1, 0.15) is 13.8 Å². The first-order valence-corrected chi connectivity index (χ1v) is 2.52. The van der Waals surface area contributed by atoms with Gasteiger partial charge in [-0.25, -0.2) is 5.11 Å². The normalized spacial score (nSPS) is 15.3. The van der Waals surface area contributed by atoms with Gasteiger partial charge in [-0.1, -0.05) is 19.1 Å². The van der Waals surface area contributed by atoms with E-state index in [1.807, 2.05) is 26.0 Å². The van der Waals surface area contributed by atoms with Gasteiger partial charge in [-0.3, -0.25) is 0 Å². The standard InChI is InChI=1S/C6H11O/c1-3-4-6(2)5-7/h3-4,6H,5H2,1-2H3. The lowest BCUT2D eigenvalue weighted by Gasteiger charge is -1.92. The molecule has 1 heteroatoms. The van der Waals surface area contributed by atoms with Gasteiger partial charge in [0.2, 0.25) is 0 Å². The highest BCUT2D eigenvalue weighted by Crippen LogP contribution is 1.92. The Morgan fingerprint density at radius 2 is 2.29 bits per heavy atom. The molecule has 0 aliphatic carbocycles. The Balaban J connectivity index is 3.16. The summed E-state index contributed by atoms with van der Waals surface area (Å²) in [5, 5.41) is 9.97. The van der Waals surface area contributed by atoms with Crippen LogP contribution in [0.2, 0.25) is 0 Å². The van der Waals surface area contributed by atoms with E-state index in [0.29, 0.717) is 0 Å². The minimum Gasteiger partial charge on any atom is -0.236 e. The van der Waals surface area contributed by atoms with Crippen LogP contribution in [0, 0.1) is 5.92 Å². The van der Waals surface area contributed by atoms with Gasteiger partial charge >= 0.3 is 0 Å². The predicted molar refractivity (Wildman–Crippen MR) is 29.5 cm³/mol. The van der Waals surface area contributed by atoms with Gasteiger partial charge in [-0.05, 0) is 6.92 Å². The zero-order valence-corrected chi connectivity index (χ0v) is 4.85. The highest BCUT2D eigenvalue weighted by Gasteiger charge is 1.89. The van der Waals surface area contributed by atoms with Crippen LogP contribution in [-0.2, 0) is 5.11 Å². The quantitative estimate of drug-likeness (QED) is 0.469. The molecular formula is C6H11O. The summed E-state index contributed by atoms with van der Waals surface area (Å²) in [6, 6.07) is 0. The molecule has 0 amide bonds. The molecule has 0 aromatic heterocycles. The van der Waals surface area contributed by atoms with Crippen molar-refractivity contribution in [3.05, 3.63) is 12.2 Å². The summed E-state index contributed by atoms with van der Waals surface area (Å²) in [4.78, 5) is 0. The Bertz CT molecular complexity index is 57.2. The predicted octanol–water partition coefficient (Wildman–Crippen LogP) is 1.63. The van der Waals surface area contributed by atoms with Crippen LogP contribution in [0.4, 0.5) is 0 Å². The number of rotatable bonds is 2. The monoisotopic (exact) mass is 99.1 g/mol. The fraction of sp³-hybridized carbons (Fsp3) is 0.667. The molecule has 0 aromatic rings. The summed E-state index contributed by atoms with van der Waals surface area (Å²) < 4.78 is 0. The number of allylic oxidation sites excluding steroid dienone is 1. The second kappa shape index (κ2) is 3.88. The Labute approximate surface area is 44.7 Å². The summed E-state index contributed by atoms with van der Waals surface area (Å²) in [5.74, 6) is 0.213. The third-order valence-electron chi connectivity index (χ3n) is 0.784. The Kier molecular flexibility index (Phi) is 3.71. The smallest absolute Gasteiger partial charge is 0.0882 e. The SMILES string of the molecule is CC=CC(C)C[O]. The summed E-state index contributed by atoms with van der Waals surface area (Å²) in [6.07, 6.45) is 3.82. The molecule has 1 atom stereocenters. The lowest BCUT2D eigenvalue weighted by molar-refractivity contribution is 0.168. The molecule has 7 heavy (non-hydrogen) atoms. The number of hydrogen-bond acceptors (Lipinski definition) is 0. The molecule has 0 bridgehead atoms.